The number of carbonyl (C=O) groups excluding carboxylic acids is 3. The van der Waals surface area contributed by atoms with Crippen molar-refractivity contribution in [3.8, 4) is 0 Å². The zero-order chi connectivity index (χ0) is 52.2. The van der Waals surface area contributed by atoms with E-state index in [4.69, 9.17) is 14.2 Å². The Balaban J connectivity index is 4.32. The summed E-state index contributed by atoms with van der Waals surface area (Å²) in [5, 5.41) is 0. The van der Waals surface area contributed by atoms with Gasteiger partial charge in [-0.1, -0.05) is 225 Å². The van der Waals surface area contributed by atoms with Gasteiger partial charge in [-0.2, -0.15) is 0 Å². The van der Waals surface area contributed by atoms with Crippen LogP contribution in [0.15, 0.2) is 134 Å². The Bertz CT molecular complexity index is 1560. The lowest BCUT2D eigenvalue weighted by molar-refractivity contribution is -0.167. The Labute approximate surface area is 443 Å². The average Bonchev–Trinajstić information content (AvgIpc) is 3.38. The summed E-state index contributed by atoms with van der Waals surface area (Å²) in [6, 6.07) is 0. The molecule has 1 atom stereocenters. The SMILES string of the molecule is CC/C=C\C/C=C\C/C=C\C/C=C\C/C=C\C/C=C\C/C=C\C/C=C\C/C=C\CCCCCC(=O)OCC(COC(=O)CCCCCCC/C=C\CCC)OC(=O)CCCCCCC/C=C\CCCCCC. The second kappa shape index (κ2) is 59.1. The molecule has 0 fully saturated rings. The molecule has 72 heavy (non-hydrogen) atoms. The van der Waals surface area contributed by atoms with Gasteiger partial charge >= 0.3 is 17.9 Å². The molecule has 1 unspecified atom stereocenters. The van der Waals surface area contributed by atoms with Crippen molar-refractivity contribution in [2.75, 3.05) is 13.2 Å². The smallest absolute Gasteiger partial charge is 0.306 e. The maximum absolute atomic E-state index is 12.8. The first-order valence-electron chi connectivity index (χ1n) is 29.2. The molecule has 0 radical (unpaired) electrons. The summed E-state index contributed by atoms with van der Waals surface area (Å²) >= 11 is 0. The summed E-state index contributed by atoms with van der Waals surface area (Å²) in [6.45, 7) is 6.39. The van der Waals surface area contributed by atoms with Gasteiger partial charge in [-0.15, -0.1) is 0 Å². The highest BCUT2D eigenvalue weighted by atomic mass is 16.6. The number of carbonyl (C=O) groups is 3. The number of esters is 3. The van der Waals surface area contributed by atoms with Crippen LogP contribution < -0.4 is 0 Å². The predicted octanol–water partition coefficient (Wildman–Crippen LogP) is 19.8. The minimum Gasteiger partial charge on any atom is -0.462 e. The van der Waals surface area contributed by atoms with Crippen molar-refractivity contribution in [3.63, 3.8) is 0 Å². The van der Waals surface area contributed by atoms with Crippen molar-refractivity contribution >= 4 is 17.9 Å². The third kappa shape index (κ3) is 56.5. The van der Waals surface area contributed by atoms with Crippen LogP contribution >= 0.6 is 0 Å². The third-order valence-electron chi connectivity index (χ3n) is 11.8. The highest BCUT2D eigenvalue weighted by molar-refractivity contribution is 5.71. The van der Waals surface area contributed by atoms with E-state index in [1.165, 1.54) is 51.4 Å². The molecule has 0 aromatic heterocycles. The van der Waals surface area contributed by atoms with Gasteiger partial charge in [0.05, 0.1) is 0 Å². The van der Waals surface area contributed by atoms with E-state index in [0.717, 1.165) is 154 Å². The predicted molar refractivity (Wildman–Crippen MR) is 311 cm³/mol. The summed E-state index contributed by atoms with van der Waals surface area (Å²) < 4.78 is 16.8. The van der Waals surface area contributed by atoms with Gasteiger partial charge in [-0.25, -0.2) is 0 Å². The molecule has 0 aliphatic carbocycles. The maximum Gasteiger partial charge on any atom is 0.306 e. The number of unbranched alkanes of at least 4 members (excludes halogenated alkanes) is 18. The molecular weight excluding hydrogens is 889 g/mol. The monoisotopic (exact) mass is 995 g/mol. The molecule has 0 saturated heterocycles. The number of allylic oxidation sites excluding steroid dienone is 22. The maximum atomic E-state index is 12.8. The Morgan fingerprint density at radius 1 is 0.292 bits per heavy atom. The van der Waals surface area contributed by atoms with E-state index in [1.807, 2.05) is 0 Å². The van der Waals surface area contributed by atoms with Gasteiger partial charge in [0.15, 0.2) is 6.10 Å². The van der Waals surface area contributed by atoms with Crippen LogP contribution in [0.4, 0.5) is 0 Å². The number of hydrogen-bond donors (Lipinski definition) is 0. The molecular formula is C66H106O6. The van der Waals surface area contributed by atoms with Crippen molar-refractivity contribution in [2.45, 2.75) is 252 Å². The first kappa shape index (κ1) is 67.5. The minimum absolute atomic E-state index is 0.0998. The normalized spacial score (nSPS) is 13.1. The van der Waals surface area contributed by atoms with E-state index < -0.39 is 6.10 Å². The largest absolute Gasteiger partial charge is 0.462 e. The number of hydrogen-bond acceptors (Lipinski definition) is 6. The van der Waals surface area contributed by atoms with Crippen molar-refractivity contribution < 1.29 is 28.6 Å². The van der Waals surface area contributed by atoms with Crippen LogP contribution in [0, 0.1) is 0 Å². The zero-order valence-corrected chi connectivity index (χ0v) is 46.4. The summed E-state index contributed by atoms with van der Waals surface area (Å²) in [5.41, 5.74) is 0. The van der Waals surface area contributed by atoms with Crippen molar-refractivity contribution in [3.05, 3.63) is 134 Å². The Kier molecular flexibility index (Phi) is 55.5. The van der Waals surface area contributed by atoms with E-state index in [2.05, 4.69) is 154 Å². The standard InChI is InChI=1S/C66H106O6/c1-4-7-10-13-16-19-22-24-25-26-27-28-29-30-31-32-33-34-35-36-37-38-39-40-41-43-44-47-50-53-56-59-65(68)71-62-63(61-70-64(67)58-55-52-49-46-21-18-15-12-9-6-3)72-66(69)60-57-54-51-48-45-42-23-20-17-14-11-8-5-2/h7,10,12,15-16,19-20,23-25,27-28,30-31,33-34,36-37,39-40,43-44,63H,4-6,8-9,11,13-14,17-18,21-22,26,29,32,35,38,41-42,45-62H2,1-3H3/b10-7-,15-12-,19-16-,23-20-,25-24-,28-27-,31-30-,34-33-,37-36-,40-39-,44-43-. The minimum atomic E-state index is -0.802. The second-order valence-corrected chi connectivity index (χ2v) is 18.8. The highest BCUT2D eigenvalue weighted by Crippen LogP contribution is 2.13. The first-order valence-corrected chi connectivity index (χ1v) is 29.2. The van der Waals surface area contributed by atoms with Gasteiger partial charge in [0.2, 0.25) is 0 Å². The Morgan fingerprint density at radius 3 is 0.931 bits per heavy atom. The zero-order valence-electron chi connectivity index (χ0n) is 46.4. The molecule has 0 spiro atoms. The molecule has 0 N–H and O–H groups in total. The van der Waals surface area contributed by atoms with Crippen molar-refractivity contribution in [1.29, 1.82) is 0 Å². The van der Waals surface area contributed by atoms with Crippen LogP contribution in [0.1, 0.15) is 245 Å². The molecule has 0 aromatic rings. The fourth-order valence-corrected chi connectivity index (χ4v) is 7.49. The summed E-state index contributed by atoms with van der Waals surface area (Å²) in [4.78, 5) is 38.0. The van der Waals surface area contributed by atoms with E-state index in [0.29, 0.717) is 19.3 Å². The number of rotatable bonds is 51. The highest BCUT2D eigenvalue weighted by Gasteiger charge is 2.19. The van der Waals surface area contributed by atoms with Gasteiger partial charge in [-0.3, -0.25) is 14.4 Å². The molecule has 0 bridgehead atoms. The van der Waals surface area contributed by atoms with Crippen molar-refractivity contribution in [1.82, 2.24) is 0 Å². The fraction of sp³-hybridized carbons (Fsp3) is 0.621. The molecule has 6 heteroatoms. The van der Waals surface area contributed by atoms with Crippen LogP contribution in [0.3, 0.4) is 0 Å². The Morgan fingerprint density at radius 2 is 0.569 bits per heavy atom. The van der Waals surface area contributed by atoms with Crippen LogP contribution in [0.2, 0.25) is 0 Å². The summed E-state index contributed by atoms with van der Waals surface area (Å²) in [6.07, 6.45) is 83.1. The molecule has 0 aliphatic heterocycles. The van der Waals surface area contributed by atoms with E-state index in [9.17, 15) is 14.4 Å². The van der Waals surface area contributed by atoms with Gasteiger partial charge in [-0.05, 0) is 135 Å². The van der Waals surface area contributed by atoms with Gasteiger partial charge < -0.3 is 14.2 Å². The average molecular weight is 996 g/mol. The van der Waals surface area contributed by atoms with Crippen LogP contribution in [0.5, 0.6) is 0 Å². The van der Waals surface area contributed by atoms with Gasteiger partial charge in [0.1, 0.15) is 13.2 Å². The third-order valence-corrected chi connectivity index (χ3v) is 11.8. The molecule has 0 heterocycles. The molecule has 0 rings (SSSR count). The molecule has 0 saturated carbocycles. The van der Waals surface area contributed by atoms with Gasteiger partial charge in [0, 0.05) is 19.3 Å². The topological polar surface area (TPSA) is 78.9 Å². The van der Waals surface area contributed by atoms with E-state index in [-0.39, 0.29) is 31.1 Å². The lowest BCUT2D eigenvalue weighted by Crippen LogP contribution is -2.30. The van der Waals surface area contributed by atoms with Crippen LogP contribution in [0.25, 0.3) is 0 Å². The van der Waals surface area contributed by atoms with E-state index in [1.54, 1.807) is 0 Å². The van der Waals surface area contributed by atoms with E-state index >= 15 is 0 Å². The molecule has 0 aromatic carbocycles. The Hall–Kier alpha value is -4.45. The number of ether oxygens (including phenoxy) is 3. The quantitative estimate of drug-likeness (QED) is 0.0261. The molecule has 406 valence electrons. The molecule has 0 aliphatic rings. The lowest BCUT2D eigenvalue weighted by Gasteiger charge is -2.18. The fourth-order valence-electron chi connectivity index (χ4n) is 7.49. The summed E-state index contributed by atoms with van der Waals surface area (Å²) in [7, 11) is 0. The molecule has 0 amide bonds. The van der Waals surface area contributed by atoms with Crippen LogP contribution in [-0.2, 0) is 28.6 Å². The summed E-state index contributed by atoms with van der Waals surface area (Å²) in [5.74, 6) is -0.959. The second-order valence-electron chi connectivity index (χ2n) is 18.8. The lowest BCUT2D eigenvalue weighted by atomic mass is 10.1. The van der Waals surface area contributed by atoms with Crippen molar-refractivity contribution in [2.24, 2.45) is 0 Å². The van der Waals surface area contributed by atoms with Gasteiger partial charge in [0.25, 0.3) is 0 Å². The molecule has 6 nitrogen and oxygen atoms in total. The van der Waals surface area contributed by atoms with Crippen LogP contribution in [-0.4, -0.2) is 37.2 Å². The first-order chi connectivity index (χ1) is 35.5.